The number of hydrogen-bond acceptors (Lipinski definition) is 3. The normalized spacial score (nSPS) is 11.6. The molecule has 0 aliphatic carbocycles. The molecule has 0 fully saturated rings. The molecule has 0 bridgehead atoms. The SMILES string of the molecule is COC(=O)C(NC(=O)c1ccc(I)c(F)c1)c1ccccc1. The monoisotopic (exact) mass is 413 g/mol. The van der Waals surface area contributed by atoms with Crippen molar-refractivity contribution in [1.82, 2.24) is 5.32 Å². The van der Waals surface area contributed by atoms with E-state index in [9.17, 15) is 14.0 Å². The molecule has 0 saturated carbocycles. The van der Waals surface area contributed by atoms with Crippen molar-refractivity contribution in [1.29, 1.82) is 0 Å². The van der Waals surface area contributed by atoms with Crippen LogP contribution in [0.5, 0.6) is 0 Å². The molecule has 0 aliphatic heterocycles. The van der Waals surface area contributed by atoms with Gasteiger partial charge >= 0.3 is 5.97 Å². The summed E-state index contributed by atoms with van der Waals surface area (Å²) < 4.78 is 18.7. The lowest BCUT2D eigenvalue weighted by Gasteiger charge is -2.17. The van der Waals surface area contributed by atoms with Crippen molar-refractivity contribution in [2.45, 2.75) is 6.04 Å². The van der Waals surface area contributed by atoms with Crippen LogP contribution in [0.3, 0.4) is 0 Å². The molecule has 0 saturated heterocycles. The first kappa shape index (κ1) is 16.4. The van der Waals surface area contributed by atoms with Crippen LogP contribution in [0.1, 0.15) is 22.0 Å². The van der Waals surface area contributed by atoms with Gasteiger partial charge in [-0.25, -0.2) is 9.18 Å². The molecule has 1 amide bonds. The smallest absolute Gasteiger partial charge is 0.333 e. The first-order valence-electron chi connectivity index (χ1n) is 6.41. The maximum absolute atomic E-state index is 13.5. The van der Waals surface area contributed by atoms with Crippen molar-refractivity contribution < 1.29 is 18.7 Å². The third kappa shape index (κ3) is 3.82. The molecule has 1 atom stereocenters. The van der Waals surface area contributed by atoms with Gasteiger partial charge in [-0.15, -0.1) is 0 Å². The average Bonchev–Trinajstić information content (AvgIpc) is 2.55. The maximum atomic E-state index is 13.5. The van der Waals surface area contributed by atoms with Crippen LogP contribution >= 0.6 is 22.6 Å². The molecule has 0 radical (unpaired) electrons. The summed E-state index contributed by atoms with van der Waals surface area (Å²) in [5.74, 6) is -1.62. The zero-order valence-corrected chi connectivity index (χ0v) is 13.8. The molecule has 2 aromatic carbocycles. The number of esters is 1. The molecular weight excluding hydrogens is 400 g/mol. The van der Waals surface area contributed by atoms with Crippen LogP contribution in [0.4, 0.5) is 4.39 Å². The molecule has 0 aliphatic rings. The number of nitrogens with one attached hydrogen (secondary N) is 1. The fraction of sp³-hybridized carbons (Fsp3) is 0.125. The number of benzene rings is 2. The van der Waals surface area contributed by atoms with E-state index in [1.54, 1.807) is 30.3 Å². The zero-order chi connectivity index (χ0) is 16.1. The summed E-state index contributed by atoms with van der Waals surface area (Å²) in [7, 11) is 1.25. The van der Waals surface area contributed by atoms with Gasteiger partial charge in [-0.1, -0.05) is 30.3 Å². The minimum Gasteiger partial charge on any atom is -0.467 e. The summed E-state index contributed by atoms with van der Waals surface area (Å²) in [5, 5.41) is 2.56. The van der Waals surface area contributed by atoms with E-state index in [0.717, 1.165) is 6.07 Å². The Bertz CT molecular complexity index is 691. The highest BCUT2D eigenvalue weighted by atomic mass is 127. The van der Waals surface area contributed by atoms with E-state index in [1.807, 2.05) is 22.6 Å². The molecule has 114 valence electrons. The van der Waals surface area contributed by atoms with Crippen LogP contribution in [-0.2, 0) is 9.53 Å². The molecule has 2 rings (SSSR count). The summed E-state index contributed by atoms with van der Waals surface area (Å²) in [6.07, 6.45) is 0. The largest absolute Gasteiger partial charge is 0.467 e. The second-order valence-corrected chi connectivity index (χ2v) is 5.63. The second-order valence-electron chi connectivity index (χ2n) is 4.47. The molecular formula is C16H13FINO3. The fourth-order valence-corrected chi connectivity index (χ4v) is 2.23. The molecule has 6 heteroatoms. The van der Waals surface area contributed by atoms with Crippen LogP contribution in [0.25, 0.3) is 0 Å². The number of ether oxygens (including phenoxy) is 1. The van der Waals surface area contributed by atoms with E-state index in [0.29, 0.717) is 9.13 Å². The van der Waals surface area contributed by atoms with Crippen molar-refractivity contribution in [2.24, 2.45) is 0 Å². The summed E-state index contributed by atoms with van der Waals surface area (Å²) >= 11 is 1.84. The third-order valence-corrected chi connectivity index (χ3v) is 3.90. The first-order chi connectivity index (χ1) is 10.5. The van der Waals surface area contributed by atoms with Crippen LogP contribution in [0, 0.1) is 9.39 Å². The van der Waals surface area contributed by atoms with Gasteiger partial charge in [0.25, 0.3) is 5.91 Å². The second kappa shape index (κ2) is 7.35. The first-order valence-corrected chi connectivity index (χ1v) is 7.49. The van der Waals surface area contributed by atoms with Crippen molar-refractivity contribution in [3.05, 3.63) is 69.0 Å². The Morgan fingerprint density at radius 3 is 2.45 bits per heavy atom. The highest BCUT2D eigenvalue weighted by Crippen LogP contribution is 2.17. The van der Waals surface area contributed by atoms with Gasteiger partial charge < -0.3 is 10.1 Å². The van der Waals surface area contributed by atoms with Gasteiger partial charge in [-0.05, 0) is 46.4 Å². The number of amides is 1. The number of carbonyl (C=O) groups excluding carboxylic acids is 2. The summed E-state index contributed by atoms with van der Waals surface area (Å²) in [4.78, 5) is 24.1. The minimum atomic E-state index is -0.943. The van der Waals surface area contributed by atoms with Crippen LogP contribution < -0.4 is 5.32 Å². The fourth-order valence-electron chi connectivity index (χ4n) is 1.89. The highest BCUT2D eigenvalue weighted by Gasteiger charge is 2.24. The van der Waals surface area contributed by atoms with E-state index >= 15 is 0 Å². The molecule has 22 heavy (non-hydrogen) atoms. The summed E-state index contributed by atoms with van der Waals surface area (Å²) in [6.45, 7) is 0. The van der Waals surface area contributed by atoms with Gasteiger partial charge in [-0.2, -0.15) is 0 Å². The van der Waals surface area contributed by atoms with Crippen molar-refractivity contribution in [3.63, 3.8) is 0 Å². The number of rotatable bonds is 4. The number of hydrogen-bond donors (Lipinski definition) is 1. The van der Waals surface area contributed by atoms with E-state index in [-0.39, 0.29) is 5.56 Å². The molecule has 1 N–H and O–H groups in total. The Morgan fingerprint density at radius 1 is 1.18 bits per heavy atom. The predicted molar refractivity (Wildman–Crippen MR) is 87.8 cm³/mol. The average molecular weight is 413 g/mol. The van der Waals surface area contributed by atoms with Gasteiger partial charge in [0.2, 0.25) is 0 Å². The van der Waals surface area contributed by atoms with Gasteiger partial charge in [-0.3, -0.25) is 4.79 Å². The zero-order valence-electron chi connectivity index (χ0n) is 11.7. The molecule has 2 aromatic rings. The van der Waals surface area contributed by atoms with E-state index in [2.05, 4.69) is 5.32 Å². The van der Waals surface area contributed by atoms with E-state index in [4.69, 9.17) is 4.74 Å². The molecule has 0 heterocycles. The van der Waals surface area contributed by atoms with Gasteiger partial charge in [0.15, 0.2) is 6.04 Å². The van der Waals surface area contributed by atoms with Gasteiger partial charge in [0.1, 0.15) is 5.82 Å². The van der Waals surface area contributed by atoms with Crippen LogP contribution in [0.2, 0.25) is 0 Å². The van der Waals surface area contributed by atoms with Gasteiger partial charge in [0.05, 0.1) is 7.11 Å². The maximum Gasteiger partial charge on any atom is 0.333 e. The minimum absolute atomic E-state index is 0.141. The third-order valence-electron chi connectivity index (χ3n) is 3.03. The lowest BCUT2D eigenvalue weighted by atomic mass is 10.1. The van der Waals surface area contributed by atoms with E-state index in [1.165, 1.54) is 19.2 Å². The number of halogens is 2. The summed E-state index contributed by atoms with van der Waals surface area (Å²) in [5.41, 5.74) is 0.733. The van der Waals surface area contributed by atoms with Gasteiger partial charge in [0, 0.05) is 9.13 Å². The molecule has 4 nitrogen and oxygen atoms in total. The predicted octanol–water partition coefficient (Wildman–Crippen LogP) is 3.07. The standard InChI is InChI=1S/C16H13FINO3/c1-22-16(21)14(10-5-3-2-4-6-10)19-15(20)11-7-8-13(18)12(17)9-11/h2-9,14H,1H3,(H,19,20). The van der Waals surface area contributed by atoms with Crippen LogP contribution in [-0.4, -0.2) is 19.0 Å². The Labute approximate surface area is 140 Å². The lowest BCUT2D eigenvalue weighted by Crippen LogP contribution is -2.34. The quantitative estimate of drug-likeness (QED) is 0.620. The van der Waals surface area contributed by atoms with Crippen molar-refractivity contribution in [3.8, 4) is 0 Å². The Morgan fingerprint density at radius 2 is 1.86 bits per heavy atom. The molecule has 1 unspecified atom stereocenters. The lowest BCUT2D eigenvalue weighted by molar-refractivity contribution is -0.143. The Hall–Kier alpha value is -1.96. The Balaban J connectivity index is 2.25. The highest BCUT2D eigenvalue weighted by molar-refractivity contribution is 14.1. The van der Waals surface area contributed by atoms with E-state index < -0.39 is 23.7 Å². The molecule has 0 aromatic heterocycles. The number of methoxy groups -OCH3 is 1. The van der Waals surface area contributed by atoms with Crippen molar-refractivity contribution >= 4 is 34.5 Å². The Kier molecular flexibility index (Phi) is 5.48. The summed E-state index contributed by atoms with van der Waals surface area (Å²) in [6, 6.07) is 11.9. The topological polar surface area (TPSA) is 55.4 Å². The van der Waals surface area contributed by atoms with Crippen molar-refractivity contribution in [2.75, 3.05) is 7.11 Å². The number of carbonyl (C=O) groups is 2. The van der Waals surface area contributed by atoms with Crippen LogP contribution in [0.15, 0.2) is 48.5 Å². The molecule has 0 spiro atoms.